The van der Waals surface area contributed by atoms with E-state index >= 15 is 0 Å². The molecule has 2 heterocycles. The number of pyridine rings is 1. The number of aliphatic imine (C=N–C) groups is 1. The minimum Gasteiger partial charge on any atom is -0.478 e. The second kappa shape index (κ2) is 8.74. The summed E-state index contributed by atoms with van der Waals surface area (Å²) in [5, 5.41) is 8.07. The van der Waals surface area contributed by atoms with Crippen LogP contribution in [0.5, 0.6) is 0 Å². The Morgan fingerprint density at radius 1 is 1.25 bits per heavy atom. The van der Waals surface area contributed by atoms with Crippen molar-refractivity contribution >= 4 is 27.5 Å². The van der Waals surface area contributed by atoms with Gasteiger partial charge in [0.1, 0.15) is 5.03 Å². The van der Waals surface area contributed by atoms with Crippen molar-refractivity contribution < 1.29 is 22.5 Å². The third kappa shape index (κ3) is 4.33. The number of aryl methyl sites for hydroxylation is 1. The van der Waals surface area contributed by atoms with E-state index in [1.807, 2.05) is 0 Å². The molecular formula is C20H26F2N6O3S. The van der Waals surface area contributed by atoms with Crippen LogP contribution in [0.4, 0.5) is 19.3 Å². The lowest BCUT2D eigenvalue weighted by molar-refractivity contribution is 0.152. The SMILES string of the molecule is CC1CCc2c1nc1c(c2NC(=O)N=S(N)(=O)/C(N)=C2\CCCO\C2=N/C(F)F)CCC1. The minimum absolute atomic E-state index is 0.0138. The van der Waals surface area contributed by atoms with Crippen molar-refractivity contribution in [2.45, 2.75) is 64.3 Å². The maximum Gasteiger partial charge on any atom is 0.354 e. The van der Waals surface area contributed by atoms with Gasteiger partial charge in [-0.05, 0) is 62.0 Å². The lowest BCUT2D eigenvalue weighted by atomic mass is 10.0. The summed E-state index contributed by atoms with van der Waals surface area (Å²) in [6.45, 7) is -0.763. The Morgan fingerprint density at radius 3 is 2.78 bits per heavy atom. The highest BCUT2D eigenvalue weighted by molar-refractivity contribution is 7.95. The Kier molecular flexibility index (Phi) is 6.17. The van der Waals surface area contributed by atoms with Gasteiger partial charge in [-0.2, -0.15) is 13.8 Å². The molecule has 174 valence electrons. The zero-order valence-corrected chi connectivity index (χ0v) is 18.5. The molecule has 1 aliphatic heterocycles. The number of nitrogens with zero attached hydrogens (tertiary/aromatic N) is 3. The number of alkyl halides is 2. The molecule has 3 aliphatic rings. The number of nitrogens with two attached hydrogens (primary N) is 2. The Morgan fingerprint density at radius 2 is 2.03 bits per heavy atom. The first-order valence-corrected chi connectivity index (χ1v) is 12.1. The standard InChI is InChI=1S/C20H26F2N6O3S/c1-10-7-8-12-15(10)25-14-6-2-4-11(14)16(12)26-20(29)28-32(24,30)17(23)13-5-3-9-31-18(13)27-19(21)22/h10,19H,2-9,23H2,1H3,(H3,24,25,26,28,29,30)/b17-13+,27-18-. The van der Waals surface area contributed by atoms with Crippen LogP contribution in [0.3, 0.4) is 0 Å². The lowest BCUT2D eigenvalue weighted by Crippen LogP contribution is -2.29. The molecule has 9 nitrogen and oxygen atoms in total. The molecule has 2 atom stereocenters. The van der Waals surface area contributed by atoms with Gasteiger partial charge in [0.05, 0.1) is 12.3 Å². The summed E-state index contributed by atoms with van der Waals surface area (Å²) in [6.07, 6.45) is 4.92. The minimum atomic E-state index is -3.89. The molecule has 5 N–H and O–H groups in total. The molecule has 0 saturated carbocycles. The average Bonchev–Trinajstić information content (AvgIpc) is 3.34. The van der Waals surface area contributed by atoms with Gasteiger partial charge in [0.15, 0.2) is 9.92 Å². The number of carbonyl (C=O) groups is 1. The molecule has 4 rings (SSSR count). The van der Waals surface area contributed by atoms with Crippen LogP contribution in [0.15, 0.2) is 20.0 Å². The molecule has 1 fully saturated rings. The maximum absolute atomic E-state index is 13.0. The van der Waals surface area contributed by atoms with E-state index in [1.165, 1.54) is 0 Å². The van der Waals surface area contributed by atoms with Crippen LogP contribution in [-0.4, -0.2) is 34.3 Å². The number of ether oxygens (including phenoxy) is 1. The number of nitrogens with one attached hydrogen (secondary N) is 1. The number of rotatable bonds is 3. The van der Waals surface area contributed by atoms with E-state index in [1.54, 1.807) is 0 Å². The van der Waals surface area contributed by atoms with Crippen molar-refractivity contribution in [2.75, 3.05) is 11.9 Å². The molecule has 1 aromatic heterocycles. The number of urea groups is 1. The average molecular weight is 469 g/mol. The summed E-state index contributed by atoms with van der Waals surface area (Å²) in [5.74, 6) is -0.127. The fourth-order valence-electron chi connectivity index (χ4n) is 4.48. The Balaban J connectivity index is 1.67. The van der Waals surface area contributed by atoms with E-state index in [4.69, 9.17) is 20.6 Å². The van der Waals surface area contributed by atoms with Crippen molar-refractivity contribution in [2.24, 2.45) is 20.2 Å². The van der Waals surface area contributed by atoms with E-state index in [2.05, 4.69) is 21.6 Å². The summed E-state index contributed by atoms with van der Waals surface area (Å²) in [6, 6.07) is -0.910. The van der Waals surface area contributed by atoms with Crippen LogP contribution in [-0.2, 0) is 33.9 Å². The zero-order valence-electron chi connectivity index (χ0n) is 17.7. The first-order chi connectivity index (χ1) is 15.2. The summed E-state index contributed by atoms with van der Waals surface area (Å²) in [5.41, 5.74) is 10.5. The third-order valence-electron chi connectivity index (χ3n) is 6.00. The third-order valence-corrected chi connectivity index (χ3v) is 7.31. The van der Waals surface area contributed by atoms with Gasteiger partial charge in [-0.1, -0.05) is 6.92 Å². The molecule has 2 aliphatic carbocycles. The van der Waals surface area contributed by atoms with Gasteiger partial charge in [-0.25, -0.2) is 14.1 Å². The molecule has 0 aromatic carbocycles. The lowest BCUT2D eigenvalue weighted by Gasteiger charge is -2.20. The number of anilines is 1. The van der Waals surface area contributed by atoms with Crippen LogP contribution >= 0.6 is 0 Å². The van der Waals surface area contributed by atoms with Gasteiger partial charge in [0.2, 0.25) is 5.90 Å². The normalized spacial score (nSPS) is 24.5. The van der Waals surface area contributed by atoms with Crippen LogP contribution in [0.1, 0.15) is 61.0 Å². The number of halogens is 2. The summed E-state index contributed by atoms with van der Waals surface area (Å²) < 4.78 is 47.2. The van der Waals surface area contributed by atoms with Crippen LogP contribution in [0, 0.1) is 0 Å². The van der Waals surface area contributed by atoms with E-state index < -0.39 is 33.4 Å². The molecule has 32 heavy (non-hydrogen) atoms. The molecule has 1 aromatic rings. The van der Waals surface area contributed by atoms with Crippen molar-refractivity contribution in [3.63, 3.8) is 0 Å². The number of hydrogen-bond donors (Lipinski definition) is 3. The Bertz CT molecular complexity index is 1140. The molecule has 0 spiro atoms. The van der Waals surface area contributed by atoms with Gasteiger partial charge in [-0.15, -0.1) is 4.36 Å². The van der Waals surface area contributed by atoms with Gasteiger partial charge in [-0.3, -0.25) is 4.98 Å². The summed E-state index contributed by atoms with van der Waals surface area (Å²) in [4.78, 5) is 20.6. The van der Waals surface area contributed by atoms with Gasteiger partial charge < -0.3 is 15.8 Å². The predicted octanol–water partition coefficient (Wildman–Crippen LogP) is 3.10. The van der Waals surface area contributed by atoms with Gasteiger partial charge in [0, 0.05) is 17.0 Å². The molecule has 2 unspecified atom stereocenters. The number of hydrogen-bond acceptors (Lipinski definition) is 6. The highest BCUT2D eigenvalue weighted by Crippen LogP contribution is 2.41. The van der Waals surface area contributed by atoms with Crippen LogP contribution in [0.2, 0.25) is 0 Å². The van der Waals surface area contributed by atoms with E-state index in [-0.39, 0.29) is 18.6 Å². The van der Waals surface area contributed by atoms with Gasteiger partial charge >= 0.3 is 12.6 Å². The van der Waals surface area contributed by atoms with E-state index in [0.717, 1.165) is 54.6 Å². The smallest absolute Gasteiger partial charge is 0.354 e. The Labute approximate surface area is 185 Å². The quantitative estimate of drug-likeness (QED) is 0.584. The zero-order chi connectivity index (χ0) is 23.0. The fraction of sp³-hybridized carbons (Fsp3) is 0.550. The van der Waals surface area contributed by atoms with Crippen molar-refractivity contribution in [1.82, 2.24) is 4.98 Å². The monoisotopic (exact) mass is 468 g/mol. The highest BCUT2D eigenvalue weighted by atomic mass is 32.2. The van der Waals surface area contributed by atoms with Crippen LogP contribution < -0.4 is 16.2 Å². The molecule has 0 radical (unpaired) electrons. The number of amides is 2. The topological polar surface area (TPSA) is 145 Å². The summed E-state index contributed by atoms with van der Waals surface area (Å²) >= 11 is 0. The summed E-state index contributed by atoms with van der Waals surface area (Å²) in [7, 11) is -3.89. The van der Waals surface area contributed by atoms with E-state index in [0.29, 0.717) is 18.0 Å². The second-order valence-electron chi connectivity index (χ2n) is 8.17. The Hall–Kier alpha value is -2.60. The first-order valence-electron chi connectivity index (χ1n) is 10.6. The van der Waals surface area contributed by atoms with Crippen molar-refractivity contribution in [3.05, 3.63) is 33.1 Å². The fourth-order valence-corrected chi connectivity index (χ4v) is 5.41. The van der Waals surface area contributed by atoms with Crippen LogP contribution in [0.25, 0.3) is 0 Å². The largest absolute Gasteiger partial charge is 0.478 e. The molecule has 2 amide bonds. The van der Waals surface area contributed by atoms with Gasteiger partial charge in [0.25, 0.3) is 0 Å². The number of carbonyl (C=O) groups excluding carboxylic acids is 1. The number of fused-ring (bicyclic) bond motifs is 2. The molecule has 1 saturated heterocycles. The molecular weight excluding hydrogens is 442 g/mol. The number of aromatic nitrogens is 1. The maximum atomic E-state index is 13.0. The van der Waals surface area contributed by atoms with E-state index in [9.17, 15) is 17.8 Å². The first kappa shape index (κ1) is 22.6. The predicted molar refractivity (Wildman–Crippen MR) is 117 cm³/mol. The molecule has 12 heteroatoms. The van der Waals surface area contributed by atoms with Crippen molar-refractivity contribution in [1.29, 1.82) is 0 Å². The highest BCUT2D eigenvalue weighted by Gasteiger charge is 2.30. The molecule has 0 bridgehead atoms. The second-order valence-corrected chi connectivity index (χ2v) is 9.93. The van der Waals surface area contributed by atoms with Crippen molar-refractivity contribution in [3.8, 4) is 0 Å².